The number of hydrogen-bond donors (Lipinski definition) is 2. The maximum absolute atomic E-state index is 11.9. The van der Waals surface area contributed by atoms with Gasteiger partial charge in [0.2, 0.25) is 17.6 Å². The predicted molar refractivity (Wildman–Crippen MR) is 107 cm³/mol. The molecule has 1 aliphatic rings. The average Bonchev–Trinajstić information content (AvgIpc) is 3.12. The van der Waals surface area contributed by atoms with Gasteiger partial charge in [0.1, 0.15) is 0 Å². The van der Waals surface area contributed by atoms with E-state index in [2.05, 4.69) is 25.7 Å². The largest absolute Gasteiger partial charge is 0.355 e. The fourth-order valence-electron chi connectivity index (χ4n) is 2.85. The Morgan fingerprint density at radius 1 is 1.26 bits per heavy atom. The van der Waals surface area contributed by atoms with Crippen LogP contribution in [0.5, 0.6) is 0 Å². The molecular weight excluding hydrogens is 389 g/mol. The number of carbonyl (C=O) groups excluding carboxylic acids is 1. The van der Waals surface area contributed by atoms with Crippen LogP contribution in [0.4, 0.5) is 0 Å². The fraction of sp³-hybridized carbons (Fsp3) is 0.500. The lowest BCUT2D eigenvalue weighted by Crippen LogP contribution is -2.46. The van der Waals surface area contributed by atoms with Crippen molar-refractivity contribution in [3.05, 3.63) is 35.2 Å². The van der Waals surface area contributed by atoms with Crippen LogP contribution in [-0.4, -0.2) is 60.2 Å². The van der Waals surface area contributed by atoms with E-state index in [-0.39, 0.29) is 18.3 Å². The Kier molecular flexibility index (Phi) is 9.00. The van der Waals surface area contributed by atoms with Crippen molar-refractivity contribution >= 4 is 29.9 Å². The van der Waals surface area contributed by atoms with E-state index in [1.807, 2.05) is 12.1 Å². The average molecular weight is 414 g/mol. The van der Waals surface area contributed by atoms with E-state index in [4.69, 9.17) is 16.1 Å². The Balaban J connectivity index is 0.00000261. The summed E-state index contributed by atoms with van der Waals surface area (Å²) >= 11 is 5.88. The summed E-state index contributed by atoms with van der Waals surface area (Å²) in [6.45, 7) is 5.74. The molecule has 0 bridgehead atoms. The third-order valence-corrected chi connectivity index (χ3v) is 4.58. The Bertz CT molecular complexity index is 702. The molecule has 1 saturated heterocycles. The van der Waals surface area contributed by atoms with Gasteiger partial charge in [-0.3, -0.25) is 9.69 Å². The quantitative estimate of drug-likeness (QED) is 0.689. The number of nitrogens with one attached hydrogen (secondary N) is 2. The molecule has 0 spiro atoms. The lowest BCUT2D eigenvalue weighted by atomic mass is 10.2. The number of nitrogens with zero attached hydrogens (tertiary/aromatic N) is 3. The molecule has 1 aliphatic heterocycles. The third-order valence-electron chi connectivity index (χ3n) is 4.32. The Morgan fingerprint density at radius 3 is 2.74 bits per heavy atom. The van der Waals surface area contributed by atoms with Crippen molar-refractivity contribution in [2.75, 3.05) is 39.3 Å². The first kappa shape index (κ1) is 21.6. The topological polar surface area (TPSA) is 83.3 Å². The smallest absolute Gasteiger partial charge is 0.226 e. The summed E-state index contributed by atoms with van der Waals surface area (Å²) in [6.07, 6.45) is 1.73. The molecule has 27 heavy (non-hydrogen) atoms. The van der Waals surface area contributed by atoms with E-state index in [0.29, 0.717) is 42.5 Å². The summed E-state index contributed by atoms with van der Waals surface area (Å²) in [4.78, 5) is 18.6. The van der Waals surface area contributed by atoms with E-state index >= 15 is 0 Å². The standard InChI is InChI=1S/C18H24ClN5O2.ClH/c19-15-6-4-14(5-7-15)18-22-17(26-23-18)3-1-2-16(25)21-10-13-24-11-8-20-9-12-24;/h4-7,20H,1-3,8-13H2,(H,21,25);1H. The molecule has 0 aliphatic carbocycles. The molecule has 1 aromatic carbocycles. The van der Waals surface area contributed by atoms with E-state index in [1.54, 1.807) is 12.1 Å². The van der Waals surface area contributed by atoms with Gasteiger partial charge in [-0.1, -0.05) is 16.8 Å². The molecule has 148 valence electrons. The Labute approximate surface area is 170 Å². The van der Waals surface area contributed by atoms with Crippen LogP contribution in [-0.2, 0) is 11.2 Å². The van der Waals surface area contributed by atoms with Crippen LogP contribution in [0.2, 0.25) is 5.02 Å². The molecule has 1 amide bonds. The number of benzene rings is 1. The van der Waals surface area contributed by atoms with Crippen LogP contribution in [0.15, 0.2) is 28.8 Å². The number of aryl methyl sites for hydroxylation is 1. The van der Waals surface area contributed by atoms with Crippen LogP contribution in [0, 0.1) is 0 Å². The van der Waals surface area contributed by atoms with Crippen molar-refractivity contribution in [2.24, 2.45) is 0 Å². The number of rotatable bonds is 8. The SMILES string of the molecule is Cl.O=C(CCCc1nc(-c2ccc(Cl)cc2)no1)NCCN1CCNCC1. The van der Waals surface area contributed by atoms with Gasteiger partial charge in [0.05, 0.1) is 0 Å². The maximum Gasteiger partial charge on any atom is 0.226 e. The first-order valence-electron chi connectivity index (χ1n) is 8.99. The summed E-state index contributed by atoms with van der Waals surface area (Å²) < 4.78 is 5.25. The first-order valence-corrected chi connectivity index (χ1v) is 9.37. The molecule has 0 atom stereocenters. The van der Waals surface area contributed by atoms with Gasteiger partial charge in [-0.05, 0) is 30.7 Å². The minimum Gasteiger partial charge on any atom is -0.355 e. The number of piperazine rings is 1. The molecule has 3 rings (SSSR count). The van der Waals surface area contributed by atoms with Crippen LogP contribution in [0.3, 0.4) is 0 Å². The zero-order valence-electron chi connectivity index (χ0n) is 15.1. The van der Waals surface area contributed by atoms with E-state index in [0.717, 1.165) is 38.3 Å². The molecule has 1 aromatic heterocycles. The van der Waals surface area contributed by atoms with Crippen LogP contribution >= 0.6 is 24.0 Å². The van der Waals surface area contributed by atoms with Gasteiger partial charge in [-0.15, -0.1) is 12.4 Å². The third kappa shape index (κ3) is 7.10. The van der Waals surface area contributed by atoms with Gasteiger partial charge in [-0.2, -0.15) is 4.98 Å². The zero-order valence-corrected chi connectivity index (χ0v) is 16.7. The van der Waals surface area contributed by atoms with Gasteiger partial charge in [0, 0.05) is 62.7 Å². The lowest BCUT2D eigenvalue weighted by Gasteiger charge is -2.27. The number of hydrogen-bond acceptors (Lipinski definition) is 6. The summed E-state index contributed by atoms with van der Waals surface area (Å²) in [5, 5.41) is 10.9. The molecule has 0 unspecified atom stereocenters. The maximum atomic E-state index is 11.9. The molecule has 2 N–H and O–H groups in total. The fourth-order valence-corrected chi connectivity index (χ4v) is 2.98. The lowest BCUT2D eigenvalue weighted by molar-refractivity contribution is -0.121. The van der Waals surface area contributed by atoms with Gasteiger partial charge in [0.25, 0.3) is 0 Å². The highest BCUT2D eigenvalue weighted by atomic mass is 35.5. The minimum atomic E-state index is 0. The second-order valence-electron chi connectivity index (χ2n) is 6.31. The van der Waals surface area contributed by atoms with Crippen molar-refractivity contribution in [3.63, 3.8) is 0 Å². The summed E-state index contributed by atoms with van der Waals surface area (Å²) in [7, 11) is 0. The van der Waals surface area contributed by atoms with Crippen molar-refractivity contribution in [1.29, 1.82) is 0 Å². The summed E-state index contributed by atoms with van der Waals surface area (Å²) in [6, 6.07) is 7.28. The van der Waals surface area contributed by atoms with Crippen LogP contribution in [0.25, 0.3) is 11.4 Å². The highest BCUT2D eigenvalue weighted by Gasteiger charge is 2.11. The summed E-state index contributed by atoms with van der Waals surface area (Å²) in [5.74, 6) is 1.15. The summed E-state index contributed by atoms with van der Waals surface area (Å²) in [5.41, 5.74) is 0.857. The van der Waals surface area contributed by atoms with Crippen LogP contribution < -0.4 is 10.6 Å². The molecule has 1 fully saturated rings. The van der Waals surface area contributed by atoms with Crippen molar-refractivity contribution < 1.29 is 9.32 Å². The number of amides is 1. The highest BCUT2D eigenvalue weighted by Crippen LogP contribution is 2.19. The number of carbonyl (C=O) groups is 1. The Morgan fingerprint density at radius 2 is 2.00 bits per heavy atom. The second-order valence-corrected chi connectivity index (χ2v) is 6.75. The predicted octanol–water partition coefficient (Wildman–Crippen LogP) is 2.16. The normalized spacial score (nSPS) is 14.6. The molecular formula is C18H25Cl2N5O2. The monoisotopic (exact) mass is 413 g/mol. The van der Waals surface area contributed by atoms with E-state index in [9.17, 15) is 4.79 Å². The van der Waals surface area contributed by atoms with E-state index < -0.39 is 0 Å². The van der Waals surface area contributed by atoms with Crippen LogP contribution in [0.1, 0.15) is 18.7 Å². The number of aromatic nitrogens is 2. The van der Waals surface area contributed by atoms with Gasteiger partial charge < -0.3 is 15.2 Å². The molecule has 9 heteroatoms. The first-order chi connectivity index (χ1) is 12.7. The highest BCUT2D eigenvalue weighted by molar-refractivity contribution is 6.30. The van der Waals surface area contributed by atoms with Crippen molar-refractivity contribution in [1.82, 2.24) is 25.7 Å². The van der Waals surface area contributed by atoms with Gasteiger partial charge >= 0.3 is 0 Å². The van der Waals surface area contributed by atoms with Crippen molar-refractivity contribution in [2.45, 2.75) is 19.3 Å². The molecule has 7 nitrogen and oxygen atoms in total. The molecule has 0 radical (unpaired) electrons. The van der Waals surface area contributed by atoms with Gasteiger partial charge in [-0.25, -0.2) is 0 Å². The van der Waals surface area contributed by atoms with E-state index in [1.165, 1.54) is 0 Å². The molecule has 0 saturated carbocycles. The second kappa shape index (κ2) is 11.2. The molecule has 2 heterocycles. The Hall–Kier alpha value is -1.67. The number of halogens is 2. The minimum absolute atomic E-state index is 0. The van der Waals surface area contributed by atoms with Gasteiger partial charge in [0.15, 0.2) is 0 Å². The van der Waals surface area contributed by atoms with Crippen molar-refractivity contribution in [3.8, 4) is 11.4 Å². The molecule has 2 aromatic rings. The zero-order chi connectivity index (χ0) is 18.2.